The van der Waals surface area contributed by atoms with Crippen molar-refractivity contribution in [2.75, 3.05) is 51.0 Å². The van der Waals surface area contributed by atoms with Crippen LogP contribution in [0.3, 0.4) is 0 Å². The Balaban J connectivity index is 1.15. The highest BCUT2D eigenvalue weighted by molar-refractivity contribution is 7.91. The summed E-state index contributed by atoms with van der Waals surface area (Å²) in [7, 11) is -3.27. The average Bonchev–Trinajstić information content (AvgIpc) is 3.00. The van der Waals surface area contributed by atoms with Crippen LogP contribution in [-0.4, -0.2) is 64.9 Å². The first kappa shape index (κ1) is 22.7. The van der Waals surface area contributed by atoms with Gasteiger partial charge in [-0.25, -0.2) is 8.42 Å². The van der Waals surface area contributed by atoms with Crippen LogP contribution in [0.5, 0.6) is 5.75 Å². The van der Waals surface area contributed by atoms with Crippen molar-refractivity contribution in [3.63, 3.8) is 0 Å². The Bertz CT molecular complexity index is 1170. The van der Waals surface area contributed by atoms with Gasteiger partial charge in [-0.1, -0.05) is 23.7 Å². The molecule has 1 amide bonds. The fraction of sp³-hybridized carbons (Fsp3) is 0.458. The van der Waals surface area contributed by atoms with E-state index in [9.17, 15) is 13.2 Å². The molecule has 0 bridgehead atoms. The van der Waals surface area contributed by atoms with Crippen molar-refractivity contribution in [3.8, 4) is 5.75 Å². The number of fused-ring (bicyclic) bond motifs is 2. The minimum Gasteiger partial charge on any atom is -0.492 e. The topological polar surface area (TPSA) is 84.9 Å². The Labute approximate surface area is 198 Å². The number of benzene rings is 2. The normalized spacial score (nSPS) is 21.3. The van der Waals surface area contributed by atoms with Crippen LogP contribution in [-0.2, 0) is 29.5 Å². The van der Waals surface area contributed by atoms with Crippen LogP contribution in [0.4, 0.5) is 5.69 Å². The van der Waals surface area contributed by atoms with Gasteiger partial charge in [-0.05, 0) is 67.4 Å². The molecule has 2 aromatic carbocycles. The third-order valence-corrected chi connectivity index (χ3v) is 9.45. The van der Waals surface area contributed by atoms with Crippen molar-refractivity contribution in [2.24, 2.45) is 0 Å². The zero-order valence-electron chi connectivity index (χ0n) is 18.5. The molecule has 0 aromatic heterocycles. The summed E-state index contributed by atoms with van der Waals surface area (Å²) >= 11 is 6.20. The molecule has 5 rings (SSSR count). The molecule has 0 radical (unpaired) electrons. The molecular formula is C24H27ClN2O5S. The maximum absolute atomic E-state index is 12.8. The van der Waals surface area contributed by atoms with E-state index in [-0.39, 0.29) is 19.1 Å². The first-order valence-corrected chi connectivity index (χ1v) is 13.4. The number of piperidine rings is 1. The molecule has 0 unspecified atom stereocenters. The van der Waals surface area contributed by atoms with Crippen molar-refractivity contribution in [1.29, 1.82) is 0 Å². The number of carbonyl (C=O) groups excluding carboxylic acids is 1. The van der Waals surface area contributed by atoms with Crippen LogP contribution in [0.2, 0.25) is 5.02 Å². The van der Waals surface area contributed by atoms with E-state index in [1.165, 1.54) is 6.26 Å². The monoisotopic (exact) mass is 490 g/mol. The highest BCUT2D eigenvalue weighted by Gasteiger charge is 2.50. The number of rotatable bonds is 6. The number of carbonyl (C=O) groups is 1. The van der Waals surface area contributed by atoms with E-state index in [1.807, 2.05) is 36.4 Å². The van der Waals surface area contributed by atoms with Crippen LogP contribution in [0.1, 0.15) is 24.0 Å². The number of nitrogens with zero attached hydrogens (tertiary/aromatic N) is 1. The van der Waals surface area contributed by atoms with E-state index in [4.69, 9.17) is 21.1 Å². The number of likely N-dealkylation sites (tertiary alicyclic amines) is 1. The lowest BCUT2D eigenvalue weighted by molar-refractivity contribution is -0.122. The summed E-state index contributed by atoms with van der Waals surface area (Å²) < 4.78 is 34.6. The van der Waals surface area contributed by atoms with Crippen molar-refractivity contribution in [1.82, 2.24) is 4.90 Å². The quantitative estimate of drug-likeness (QED) is 0.670. The molecule has 2 aromatic rings. The van der Waals surface area contributed by atoms with Crippen LogP contribution >= 0.6 is 11.6 Å². The van der Waals surface area contributed by atoms with Crippen LogP contribution in [0, 0.1) is 0 Å². The first-order valence-electron chi connectivity index (χ1n) is 11.1. The number of amides is 1. The van der Waals surface area contributed by atoms with Gasteiger partial charge in [-0.2, -0.15) is 0 Å². The molecule has 1 N–H and O–H groups in total. The number of nitrogens with one attached hydrogen (secondary N) is 1. The fourth-order valence-corrected chi connectivity index (χ4v) is 6.40. The Morgan fingerprint density at radius 1 is 1.12 bits per heavy atom. The summed E-state index contributed by atoms with van der Waals surface area (Å²) in [5.74, 6) is 0.773. The Morgan fingerprint density at radius 2 is 1.82 bits per heavy atom. The molecule has 2 saturated heterocycles. The highest BCUT2D eigenvalue weighted by atomic mass is 35.5. The minimum atomic E-state index is -3.27. The van der Waals surface area contributed by atoms with Crippen LogP contribution in [0.25, 0.3) is 0 Å². The van der Waals surface area contributed by atoms with E-state index in [1.54, 1.807) is 6.07 Å². The SMILES string of the molecule is CS(=O)(=O)C1(c2ccc(OCCN3CCC4(CC3)C(=O)Nc3ccc(Cl)cc34)cc2)COC1. The van der Waals surface area contributed by atoms with Gasteiger partial charge in [0.2, 0.25) is 5.91 Å². The van der Waals surface area contributed by atoms with E-state index in [2.05, 4.69) is 10.2 Å². The minimum absolute atomic E-state index is 0.0690. The lowest BCUT2D eigenvalue weighted by Gasteiger charge is -2.40. The standard InChI is InChI=1S/C24H27ClN2O5S/c1-33(29,30)24(15-31-16-24)17-2-5-19(6-3-17)32-13-12-27-10-8-23(9-11-27)20-14-18(25)4-7-21(20)26-22(23)28/h2-7,14H,8-13,15-16H2,1H3,(H,26,28). The van der Waals surface area contributed by atoms with Crippen LogP contribution in [0.15, 0.2) is 42.5 Å². The van der Waals surface area contributed by atoms with Crippen molar-refractivity contribution in [3.05, 3.63) is 58.6 Å². The molecule has 3 aliphatic heterocycles. The van der Waals surface area contributed by atoms with Gasteiger partial charge >= 0.3 is 0 Å². The smallest absolute Gasteiger partial charge is 0.235 e. The number of anilines is 1. The van der Waals surface area contributed by atoms with Crippen molar-refractivity contribution < 1.29 is 22.7 Å². The summed E-state index contributed by atoms with van der Waals surface area (Å²) in [4.78, 5) is 15.1. The average molecular weight is 491 g/mol. The zero-order valence-corrected chi connectivity index (χ0v) is 20.0. The second-order valence-corrected chi connectivity index (χ2v) is 12.0. The largest absolute Gasteiger partial charge is 0.492 e. The van der Waals surface area contributed by atoms with Gasteiger partial charge in [-0.3, -0.25) is 9.69 Å². The fourth-order valence-electron chi connectivity index (χ4n) is 5.07. The van der Waals surface area contributed by atoms with Gasteiger partial charge in [-0.15, -0.1) is 0 Å². The molecular weight excluding hydrogens is 464 g/mol. The van der Waals surface area contributed by atoms with Gasteiger partial charge in [0.25, 0.3) is 0 Å². The maximum Gasteiger partial charge on any atom is 0.235 e. The van der Waals surface area contributed by atoms with Crippen molar-refractivity contribution >= 4 is 33.0 Å². The summed E-state index contributed by atoms with van der Waals surface area (Å²) in [5.41, 5.74) is 2.13. The molecule has 2 fully saturated rings. The molecule has 176 valence electrons. The number of hydrogen-bond donors (Lipinski definition) is 1. The summed E-state index contributed by atoms with van der Waals surface area (Å²) in [6.07, 6.45) is 2.75. The Morgan fingerprint density at radius 3 is 2.42 bits per heavy atom. The van der Waals surface area contributed by atoms with E-state index >= 15 is 0 Å². The molecule has 0 aliphatic carbocycles. The number of hydrogen-bond acceptors (Lipinski definition) is 6. The van der Waals surface area contributed by atoms with Gasteiger partial charge in [0.15, 0.2) is 9.84 Å². The van der Waals surface area contributed by atoms with Crippen LogP contribution < -0.4 is 10.1 Å². The van der Waals surface area contributed by atoms with Gasteiger partial charge < -0.3 is 14.8 Å². The molecule has 33 heavy (non-hydrogen) atoms. The zero-order chi connectivity index (χ0) is 23.3. The van der Waals surface area contributed by atoms with Gasteiger partial charge in [0.1, 0.15) is 17.1 Å². The highest BCUT2D eigenvalue weighted by Crippen LogP contribution is 2.45. The van der Waals surface area contributed by atoms with E-state index < -0.39 is 20.0 Å². The second kappa shape index (κ2) is 8.27. The Hall–Kier alpha value is -2.13. The molecule has 7 nitrogen and oxygen atoms in total. The second-order valence-electron chi connectivity index (χ2n) is 9.20. The predicted octanol–water partition coefficient (Wildman–Crippen LogP) is 2.97. The maximum atomic E-state index is 12.8. The van der Waals surface area contributed by atoms with Gasteiger partial charge in [0, 0.05) is 23.5 Å². The molecule has 3 aliphatic rings. The molecule has 0 saturated carbocycles. The number of ether oxygens (including phenoxy) is 2. The molecule has 9 heteroatoms. The molecule has 0 atom stereocenters. The van der Waals surface area contributed by atoms with E-state index in [0.29, 0.717) is 17.4 Å². The molecule has 3 heterocycles. The van der Waals surface area contributed by atoms with Crippen molar-refractivity contribution in [2.45, 2.75) is 23.0 Å². The van der Waals surface area contributed by atoms with Gasteiger partial charge in [0.05, 0.1) is 18.6 Å². The summed E-state index contributed by atoms with van der Waals surface area (Å²) in [6.45, 7) is 3.26. The lowest BCUT2D eigenvalue weighted by Crippen LogP contribution is -2.52. The molecule has 1 spiro atoms. The third kappa shape index (κ3) is 3.83. The first-order chi connectivity index (χ1) is 15.7. The number of sulfone groups is 1. The summed E-state index contributed by atoms with van der Waals surface area (Å²) in [6, 6.07) is 12.9. The summed E-state index contributed by atoms with van der Waals surface area (Å²) in [5, 5.41) is 3.66. The predicted molar refractivity (Wildman–Crippen MR) is 127 cm³/mol. The number of halogens is 1. The lowest BCUT2D eigenvalue weighted by atomic mass is 9.73. The van der Waals surface area contributed by atoms with E-state index in [0.717, 1.165) is 49.3 Å². The third-order valence-electron chi connectivity index (χ3n) is 7.33. The Kier molecular flexibility index (Phi) is 5.68.